The molecular weight excluding hydrogens is 584 g/mol. The van der Waals surface area contributed by atoms with Crippen molar-refractivity contribution in [2.75, 3.05) is 6.61 Å². The summed E-state index contributed by atoms with van der Waals surface area (Å²) >= 11 is 0. The third-order valence-corrected chi connectivity index (χ3v) is 6.90. The fourth-order valence-corrected chi connectivity index (χ4v) is 4.36. The van der Waals surface area contributed by atoms with Crippen LogP contribution in [0, 0.1) is 5.92 Å². The van der Waals surface area contributed by atoms with Gasteiger partial charge in [0.2, 0.25) is 11.2 Å². The second kappa shape index (κ2) is 12.6. The number of esters is 1. The molecule has 0 radical (unpaired) electrons. The van der Waals surface area contributed by atoms with E-state index in [0.29, 0.717) is 0 Å². The number of aromatic hydroxyl groups is 6. The Hall–Kier alpha value is -5.18. The maximum Gasteiger partial charge on any atom is 0.338 e. The molecule has 9 N–H and O–H groups in total. The van der Waals surface area contributed by atoms with Gasteiger partial charge in [-0.2, -0.15) is 0 Å². The van der Waals surface area contributed by atoms with Crippen molar-refractivity contribution in [2.24, 2.45) is 5.92 Å². The first-order valence-electron chi connectivity index (χ1n) is 13.1. The Labute approximate surface area is 248 Å². The lowest BCUT2D eigenvalue weighted by molar-refractivity contribution is -0.113. The molecule has 0 spiro atoms. The number of carbonyl (C=O) groups is 1. The van der Waals surface area contributed by atoms with Crippen LogP contribution < -0.4 is 10.2 Å². The van der Waals surface area contributed by atoms with Crippen LogP contribution in [0.2, 0.25) is 0 Å². The van der Waals surface area contributed by atoms with Gasteiger partial charge in [0.25, 0.3) is 0 Å². The summed E-state index contributed by atoms with van der Waals surface area (Å²) in [5.74, 6) is -6.11. The van der Waals surface area contributed by atoms with Crippen molar-refractivity contribution in [3.63, 3.8) is 0 Å². The van der Waals surface area contributed by atoms with Crippen molar-refractivity contribution in [3.8, 4) is 51.6 Å². The van der Waals surface area contributed by atoms with Crippen LogP contribution in [0.3, 0.4) is 0 Å². The van der Waals surface area contributed by atoms with Crippen LogP contribution in [0.5, 0.6) is 40.2 Å². The summed E-state index contributed by atoms with van der Waals surface area (Å²) in [7, 11) is 0. The van der Waals surface area contributed by atoms with Gasteiger partial charge in [-0.05, 0) is 43.3 Å². The average molecular weight is 615 g/mol. The molecule has 3 aromatic carbocycles. The zero-order chi connectivity index (χ0) is 32.5. The molecule has 0 bridgehead atoms. The van der Waals surface area contributed by atoms with Crippen molar-refractivity contribution in [1.82, 2.24) is 0 Å². The SMILES string of the molecule is C[C@H](COC(=O)c1cc(O)c(O)c(O)c1)[C@@H](O)C(O)C(O)[C@@H](C)Oc1c(-c2ccc(O)cc2)oc2cc(O)cc(O)c2c1=O. The van der Waals surface area contributed by atoms with Crippen molar-refractivity contribution in [2.45, 2.75) is 38.3 Å². The van der Waals surface area contributed by atoms with Gasteiger partial charge >= 0.3 is 5.97 Å². The lowest BCUT2D eigenvalue weighted by Gasteiger charge is -2.30. The van der Waals surface area contributed by atoms with E-state index in [1.165, 1.54) is 38.1 Å². The highest BCUT2D eigenvalue weighted by Crippen LogP contribution is 2.37. The summed E-state index contributed by atoms with van der Waals surface area (Å²) < 4.78 is 16.6. The Kier molecular flexibility index (Phi) is 9.08. The largest absolute Gasteiger partial charge is 0.508 e. The first-order valence-corrected chi connectivity index (χ1v) is 13.1. The molecule has 0 amide bonds. The van der Waals surface area contributed by atoms with Crippen LogP contribution >= 0.6 is 0 Å². The number of phenolic OH excluding ortho intramolecular Hbond substituents is 6. The lowest BCUT2D eigenvalue weighted by atomic mass is 9.95. The predicted molar refractivity (Wildman–Crippen MR) is 152 cm³/mol. The Morgan fingerprint density at radius 1 is 0.795 bits per heavy atom. The number of benzene rings is 3. The molecule has 1 heterocycles. The van der Waals surface area contributed by atoms with Gasteiger partial charge < -0.3 is 59.8 Å². The Morgan fingerprint density at radius 3 is 2.02 bits per heavy atom. The van der Waals surface area contributed by atoms with E-state index in [1.807, 2.05) is 0 Å². The minimum atomic E-state index is -1.89. The number of aliphatic hydroxyl groups excluding tert-OH is 3. The van der Waals surface area contributed by atoms with Crippen molar-refractivity contribution in [3.05, 3.63) is 64.3 Å². The molecule has 2 unspecified atom stereocenters. The van der Waals surface area contributed by atoms with E-state index in [-0.39, 0.29) is 39.4 Å². The van der Waals surface area contributed by atoms with E-state index < -0.39 is 77.1 Å². The number of fused-ring (bicyclic) bond motifs is 1. The molecule has 5 atom stereocenters. The van der Waals surface area contributed by atoms with Crippen LogP contribution in [-0.4, -0.2) is 83.0 Å². The minimum Gasteiger partial charge on any atom is -0.508 e. The van der Waals surface area contributed by atoms with Gasteiger partial charge in [-0.1, -0.05) is 6.92 Å². The van der Waals surface area contributed by atoms with Crippen LogP contribution in [0.25, 0.3) is 22.3 Å². The number of hydrogen-bond acceptors (Lipinski definition) is 14. The van der Waals surface area contributed by atoms with Crippen LogP contribution in [0.1, 0.15) is 24.2 Å². The van der Waals surface area contributed by atoms with E-state index in [4.69, 9.17) is 13.9 Å². The van der Waals surface area contributed by atoms with E-state index in [2.05, 4.69) is 0 Å². The van der Waals surface area contributed by atoms with Crippen LogP contribution in [0.15, 0.2) is 57.7 Å². The molecule has 4 rings (SSSR count). The Bertz CT molecular complexity index is 1710. The van der Waals surface area contributed by atoms with Crippen molar-refractivity contribution >= 4 is 16.9 Å². The van der Waals surface area contributed by atoms with Gasteiger partial charge in [-0.15, -0.1) is 0 Å². The van der Waals surface area contributed by atoms with Gasteiger partial charge in [-0.25, -0.2) is 4.79 Å². The maximum absolute atomic E-state index is 13.5. The lowest BCUT2D eigenvalue weighted by Crippen LogP contribution is -2.48. The molecule has 0 aliphatic heterocycles. The number of rotatable bonds is 10. The number of phenols is 6. The summed E-state index contributed by atoms with van der Waals surface area (Å²) in [6, 6.07) is 9.15. The summed E-state index contributed by atoms with van der Waals surface area (Å²) in [5.41, 5.74) is -1.13. The fraction of sp³-hybridized carbons (Fsp3) is 0.267. The molecule has 1 aromatic heterocycles. The second-order valence-electron chi connectivity index (χ2n) is 10.2. The highest BCUT2D eigenvalue weighted by molar-refractivity contribution is 5.91. The fourth-order valence-electron chi connectivity index (χ4n) is 4.36. The van der Waals surface area contributed by atoms with Gasteiger partial charge in [0, 0.05) is 23.6 Å². The zero-order valence-electron chi connectivity index (χ0n) is 23.3. The summed E-state index contributed by atoms with van der Waals surface area (Å²) in [5, 5.41) is 90.3. The van der Waals surface area contributed by atoms with E-state index >= 15 is 0 Å². The second-order valence-corrected chi connectivity index (χ2v) is 10.2. The molecule has 14 nitrogen and oxygen atoms in total. The van der Waals surface area contributed by atoms with E-state index in [1.54, 1.807) is 0 Å². The summed E-state index contributed by atoms with van der Waals surface area (Å²) in [6.45, 7) is 2.20. The Balaban J connectivity index is 1.53. The highest BCUT2D eigenvalue weighted by atomic mass is 16.5. The Morgan fingerprint density at radius 2 is 1.41 bits per heavy atom. The topological polar surface area (TPSA) is 248 Å². The first-order chi connectivity index (χ1) is 20.7. The number of aliphatic hydroxyl groups is 3. The average Bonchev–Trinajstić information content (AvgIpc) is 2.98. The zero-order valence-corrected chi connectivity index (χ0v) is 23.3. The molecule has 0 saturated carbocycles. The molecule has 0 saturated heterocycles. The molecule has 44 heavy (non-hydrogen) atoms. The van der Waals surface area contributed by atoms with Crippen LogP contribution in [-0.2, 0) is 4.74 Å². The smallest absolute Gasteiger partial charge is 0.338 e. The maximum atomic E-state index is 13.5. The summed E-state index contributed by atoms with van der Waals surface area (Å²) in [6.07, 6.45) is -6.80. The van der Waals surface area contributed by atoms with Gasteiger partial charge in [0.1, 0.15) is 46.5 Å². The molecular formula is C30H30O14. The van der Waals surface area contributed by atoms with Gasteiger partial charge in [0.15, 0.2) is 23.0 Å². The van der Waals surface area contributed by atoms with Crippen molar-refractivity contribution < 1.29 is 64.6 Å². The molecule has 0 aliphatic carbocycles. The standard InChI is InChI=1S/C30H30O14/c1-12(11-42-30(41)15-7-19(34)25(38)20(35)8-15)23(36)27(40)24(37)13(2)43-29-26(39)22-18(33)9-17(32)10-21(22)44-28(29)14-3-5-16(31)6-4-14/h3-10,12-13,23-24,27,31-38,40H,11H2,1-2H3/t12-,13-,23-,24?,27?/m1/s1. The minimum absolute atomic E-state index is 0.0882. The molecule has 14 heteroatoms. The van der Waals surface area contributed by atoms with Gasteiger partial charge in [0.05, 0.1) is 18.3 Å². The normalized spacial score (nSPS) is 14.8. The van der Waals surface area contributed by atoms with Crippen molar-refractivity contribution in [1.29, 1.82) is 0 Å². The van der Waals surface area contributed by atoms with E-state index in [0.717, 1.165) is 24.3 Å². The predicted octanol–water partition coefficient (Wildman–Crippen LogP) is 2.04. The third kappa shape index (κ3) is 6.41. The molecule has 0 aliphatic rings. The molecule has 0 fully saturated rings. The monoisotopic (exact) mass is 614 g/mol. The molecule has 234 valence electrons. The van der Waals surface area contributed by atoms with E-state index in [9.17, 15) is 55.5 Å². The van der Waals surface area contributed by atoms with Gasteiger partial charge in [-0.3, -0.25) is 4.79 Å². The first kappa shape index (κ1) is 31.7. The molecule has 4 aromatic rings. The third-order valence-electron chi connectivity index (χ3n) is 6.90. The van der Waals surface area contributed by atoms with Crippen LogP contribution in [0.4, 0.5) is 0 Å². The summed E-state index contributed by atoms with van der Waals surface area (Å²) in [4.78, 5) is 25.8. The number of hydrogen-bond donors (Lipinski definition) is 9. The number of carbonyl (C=O) groups excluding carboxylic acids is 1. The highest BCUT2D eigenvalue weighted by Gasteiger charge is 2.35. The number of ether oxygens (including phenoxy) is 2. The quantitative estimate of drug-likeness (QED) is 0.0916.